The lowest BCUT2D eigenvalue weighted by atomic mass is 9.89. The summed E-state index contributed by atoms with van der Waals surface area (Å²) in [5, 5.41) is 10.8. The number of anilines is 1. The standard InChI is InChI=1S/C12H20N4O4S/c1-8(12(2,3)4)15-21(19,20)11-7-9(16(17)18)5-6-10(11)14-13/h5-8,14-15H,13H2,1-4H3. The number of nitrogens with two attached hydrogens (primary N) is 1. The van der Waals surface area contributed by atoms with Crippen LogP contribution in [0.15, 0.2) is 23.1 Å². The number of nitro benzene ring substituents is 1. The first-order valence-corrected chi connectivity index (χ1v) is 7.74. The average molecular weight is 316 g/mol. The van der Waals surface area contributed by atoms with Crippen molar-refractivity contribution in [2.45, 2.75) is 38.6 Å². The Morgan fingerprint density at radius 1 is 1.33 bits per heavy atom. The molecule has 0 saturated heterocycles. The highest BCUT2D eigenvalue weighted by atomic mass is 32.2. The minimum absolute atomic E-state index is 0.0919. The number of rotatable bonds is 5. The minimum Gasteiger partial charge on any atom is -0.323 e. The zero-order valence-corrected chi connectivity index (χ0v) is 13.2. The summed E-state index contributed by atoms with van der Waals surface area (Å²) in [6.45, 7) is 7.38. The fourth-order valence-electron chi connectivity index (χ4n) is 1.44. The number of hydrogen-bond acceptors (Lipinski definition) is 6. The number of non-ortho nitro benzene ring substituents is 1. The smallest absolute Gasteiger partial charge is 0.270 e. The first kappa shape index (κ1) is 17.3. The summed E-state index contributed by atoms with van der Waals surface area (Å²) in [4.78, 5) is 9.89. The van der Waals surface area contributed by atoms with Gasteiger partial charge in [0.15, 0.2) is 0 Å². The maximum absolute atomic E-state index is 12.4. The third kappa shape index (κ3) is 4.13. The van der Waals surface area contributed by atoms with Crippen molar-refractivity contribution in [2.24, 2.45) is 11.3 Å². The second-order valence-electron chi connectivity index (χ2n) is 5.79. The lowest BCUT2D eigenvalue weighted by molar-refractivity contribution is -0.385. The Hall–Kier alpha value is -1.71. The van der Waals surface area contributed by atoms with Gasteiger partial charge in [-0.05, 0) is 18.4 Å². The summed E-state index contributed by atoms with van der Waals surface area (Å²) in [5.41, 5.74) is 1.71. The second kappa shape index (κ2) is 5.96. The van der Waals surface area contributed by atoms with Gasteiger partial charge in [0.1, 0.15) is 4.90 Å². The Bertz CT molecular complexity index is 637. The lowest BCUT2D eigenvalue weighted by Crippen LogP contribution is -2.41. The molecule has 0 amide bonds. The number of sulfonamides is 1. The molecule has 21 heavy (non-hydrogen) atoms. The molecule has 0 fully saturated rings. The largest absolute Gasteiger partial charge is 0.323 e. The topological polar surface area (TPSA) is 127 Å². The quantitative estimate of drug-likeness (QED) is 0.430. The van der Waals surface area contributed by atoms with Gasteiger partial charge < -0.3 is 5.43 Å². The zero-order chi connectivity index (χ0) is 16.4. The van der Waals surface area contributed by atoms with E-state index in [1.54, 1.807) is 6.92 Å². The maximum atomic E-state index is 12.4. The molecule has 0 spiro atoms. The Morgan fingerprint density at radius 3 is 2.33 bits per heavy atom. The highest BCUT2D eigenvalue weighted by Crippen LogP contribution is 2.27. The van der Waals surface area contributed by atoms with Crippen LogP contribution in [0.25, 0.3) is 0 Å². The molecular formula is C12H20N4O4S. The molecule has 1 rings (SSSR count). The summed E-state index contributed by atoms with van der Waals surface area (Å²) in [6.07, 6.45) is 0. The van der Waals surface area contributed by atoms with Gasteiger partial charge in [0.05, 0.1) is 10.6 Å². The van der Waals surface area contributed by atoms with Crippen LogP contribution in [0.2, 0.25) is 0 Å². The summed E-state index contributed by atoms with van der Waals surface area (Å²) in [7, 11) is -3.94. The van der Waals surface area contributed by atoms with Crippen molar-refractivity contribution in [3.05, 3.63) is 28.3 Å². The second-order valence-corrected chi connectivity index (χ2v) is 7.47. The number of nitro groups is 1. The van der Waals surface area contributed by atoms with Crippen LogP contribution in [0.1, 0.15) is 27.7 Å². The SMILES string of the molecule is CC(NS(=O)(=O)c1cc([N+](=O)[O-])ccc1NN)C(C)(C)C. The molecule has 118 valence electrons. The molecule has 0 aliphatic heterocycles. The molecule has 0 heterocycles. The molecule has 0 aromatic heterocycles. The van der Waals surface area contributed by atoms with E-state index in [0.717, 1.165) is 6.07 Å². The molecule has 1 unspecified atom stereocenters. The fraction of sp³-hybridized carbons (Fsp3) is 0.500. The molecule has 1 aromatic carbocycles. The molecule has 0 aliphatic rings. The van der Waals surface area contributed by atoms with Gasteiger partial charge >= 0.3 is 0 Å². The van der Waals surface area contributed by atoms with Crippen LogP contribution < -0.4 is 16.0 Å². The van der Waals surface area contributed by atoms with Crippen molar-refractivity contribution >= 4 is 21.4 Å². The van der Waals surface area contributed by atoms with Crippen molar-refractivity contribution in [1.82, 2.24) is 4.72 Å². The van der Waals surface area contributed by atoms with Crippen LogP contribution >= 0.6 is 0 Å². The highest BCUT2D eigenvalue weighted by molar-refractivity contribution is 7.89. The maximum Gasteiger partial charge on any atom is 0.270 e. The van der Waals surface area contributed by atoms with E-state index in [4.69, 9.17) is 5.84 Å². The van der Waals surface area contributed by atoms with Crippen LogP contribution in [0.4, 0.5) is 11.4 Å². The van der Waals surface area contributed by atoms with E-state index >= 15 is 0 Å². The Morgan fingerprint density at radius 2 is 1.90 bits per heavy atom. The molecule has 9 heteroatoms. The molecule has 0 saturated carbocycles. The monoisotopic (exact) mass is 316 g/mol. The van der Waals surface area contributed by atoms with Crippen LogP contribution in [-0.2, 0) is 10.0 Å². The van der Waals surface area contributed by atoms with Gasteiger partial charge in [-0.3, -0.25) is 16.0 Å². The number of nitrogen functional groups attached to an aromatic ring is 1. The number of nitrogens with one attached hydrogen (secondary N) is 2. The van der Waals surface area contributed by atoms with Crippen LogP contribution in [0, 0.1) is 15.5 Å². The predicted octanol–water partition coefficient (Wildman–Crippen LogP) is 1.59. The zero-order valence-electron chi connectivity index (χ0n) is 12.4. The van der Waals surface area contributed by atoms with E-state index in [2.05, 4.69) is 10.1 Å². The van der Waals surface area contributed by atoms with Gasteiger partial charge in [-0.25, -0.2) is 13.1 Å². The normalized spacial score (nSPS) is 13.8. The van der Waals surface area contributed by atoms with Crippen molar-refractivity contribution in [2.75, 3.05) is 5.43 Å². The first-order valence-electron chi connectivity index (χ1n) is 6.26. The average Bonchev–Trinajstić information content (AvgIpc) is 2.36. The summed E-state index contributed by atoms with van der Waals surface area (Å²) in [5.74, 6) is 5.28. The molecule has 0 radical (unpaired) electrons. The lowest BCUT2D eigenvalue weighted by Gasteiger charge is -2.28. The molecule has 0 aliphatic carbocycles. The molecule has 0 bridgehead atoms. The van der Waals surface area contributed by atoms with Crippen LogP contribution in [-0.4, -0.2) is 19.4 Å². The Balaban J connectivity index is 3.30. The van der Waals surface area contributed by atoms with Crippen LogP contribution in [0.3, 0.4) is 0 Å². The molecule has 8 nitrogen and oxygen atoms in total. The minimum atomic E-state index is -3.94. The number of hydrazine groups is 1. The van der Waals surface area contributed by atoms with E-state index in [-0.39, 0.29) is 27.7 Å². The number of hydrogen-bond donors (Lipinski definition) is 3. The third-order valence-corrected chi connectivity index (χ3v) is 4.83. The van der Waals surface area contributed by atoms with Crippen molar-refractivity contribution in [3.8, 4) is 0 Å². The number of benzene rings is 1. The van der Waals surface area contributed by atoms with E-state index < -0.39 is 14.9 Å². The summed E-state index contributed by atoms with van der Waals surface area (Å²) in [6, 6.07) is 3.05. The fourth-order valence-corrected chi connectivity index (χ4v) is 3.08. The Labute approximate surface area is 123 Å². The van der Waals surface area contributed by atoms with Gasteiger partial charge in [0, 0.05) is 18.2 Å². The molecule has 1 atom stereocenters. The van der Waals surface area contributed by atoms with Crippen molar-refractivity contribution < 1.29 is 13.3 Å². The van der Waals surface area contributed by atoms with Crippen molar-refractivity contribution in [1.29, 1.82) is 0 Å². The van der Waals surface area contributed by atoms with Gasteiger partial charge in [-0.15, -0.1) is 0 Å². The molecule has 1 aromatic rings. The van der Waals surface area contributed by atoms with Gasteiger partial charge in [-0.2, -0.15) is 0 Å². The van der Waals surface area contributed by atoms with Gasteiger partial charge in [0.25, 0.3) is 5.69 Å². The van der Waals surface area contributed by atoms with E-state index in [1.807, 2.05) is 20.8 Å². The highest BCUT2D eigenvalue weighted by Gasteiger charge is 2.28. The third-order valence-electron chi connectivity index (χ3n) is 3.25. The Kier molecular flexibility index (Phi) is 4.92. The van der Waals surface area contributed by atoms with E-state index in [9.17, 15) is 18.5 Å². The van der Waals surface area contributed by atoms with Crippen molar-refractivity contribution in [3.63, 3.8) is 0 Å². The molecular weight excluding hydrogens is 296 g/mol. The predicted molar refractivity (Wildman–Crippen MR) is 80.1 cm³/mol. The van der Waals surface area contributed by atoms with Crippen LogP contribution in [0.5, 0.6) is 0 Å². The molecule has 4 N–H and O–H groups in total. The van der Waals surface area contributed by atoms with Gasteiger partial charge in [0.2, 0.25) is 10.0 Å². The van der Waals surface area contributed by atoms with Gasteiger partial charge in [-0.1, -0.05) is 20.8 Å². The summed E-state index contributed by atoms with van der Waals surface area (Å²) >= 11 is 0. The number of nitrogens with zero attached hydrogens (tertiary/aromatic N) is 1. The first-order chi connectivity index (χ1) is 9.49. The summed E-state index contributed by atoms with van der Waals surface area (Å²) < 4.78 is 27.3. The van der Waals surface area contributed by atoms with E-state index in [0.29, 0.717) is 0 Å². The van der Waals surface area contributed by atoms with E-state index in [1.165, 1.54) is 12.1 Å².